The molecule has 0 aromatic heterocycles. The summed E-state index contributed by atoms with van der Waals surface area (Å²) in [5.74, 6) is -0.211. The van der Waals surface area contributed by atoms with Gasteiger partial charge < -0.3 is 9.84 Å². The van der Waals surface area contributed by atoms with Crippen molar-refractivity contribution in [1.82, 2.24) is 0 Å². The van der Waals surface area contributed by atoms with Gasteiger partial charge in [-0.25, -0.2) is 0 Å². The number of carbonyl (C=O) groups is 1. The van der Waals surface area contributed by atoms with E-state index in [-0.39, 0.29) is 5.97 Å². The summed E-state index contributed by atoms with van der Waals surface area (Å²) < 4.78 is 4.40. The Balaban J connectivity index is -0.000000204. The van der Waals surface area contributed by atoms with Crippen molar-refractivity contribution in [2.45, 2.75) is 53.4 Å². The predicted molar refractivity (Wildman–Crippen MR) is 86.7 cm³/mol. The minimum Gasteiger partial charge on any atom is -0.466 e. The molecule has 3 nitrogen and oxygen atoms in total. The minimum absolute atomic E-state index is 0.211. The summed E-state index contributed by atoms with van der Waals surface area (Å²) >= 11 is 0. The minimum atomic E-state index is -0.211. The van der Waals surface area contributed by atoms with Gasteiger partial charge in [-0.1, -0.05) is 75.9 Å². The van der Waals surface area contributed by atoms with Crippen molar-refractivity contribution in [2.75, 3.05) is 13.7 Å². The van der Waals surface area contributed by atoms with Crippen LogP contribution >= 0.6 is 0 Å². The first-order valence-corrected chi connectivity index (χ1v) is 7.27. The zero-order chi connectivity index (χ0) is 16.1. The lowest BCUT2D eigenvalue weighted by Gasteiger charge is -1.89. The van der Waals surface area contributed by atoms with E-state index >= 15 is 0 Å². The Kier molecular flexibility index (Phi) is 31.1. The number of esters is 1. The Labute approximate surface area is 125 Å². The van der Waals surface area contributed by atoms with Gasteiger partial charge in [0.2, 0.25) is 0 Å². The largest absolute Gasteiger partial charge is 0.466 e. The smallest absolute Gasteiger partial charge is 0.302 e. The predicted octanol–water partition coefficient (Wildman–Crippen LogP) is 4.45. The lowest BCUT2D eigenvalue weighted by molar-refractivity contribution is -0.140. The van der Waals surface area contributed by atoms with E-state index < -0.39 is 0 Å². The number of hydrogen-bond donors (Lipinski definition) is 1. The molecule has 20 heavy (non-hydrogen) atoms. The number of rotatable bonds is 4. The fourth-order valence-electron chi connectivity index (χ4n) is 1.09. The third-order valence-electron chi connectivity index (χ3n) is 1.97. The molecule has 1 rings (SSSR count). The van der Waals surface area contributed by atoms with Gasteiger partial charge in [-0.15, -0.1) is 0 Å². The molecule has 0 saturated heterocycles. The van der Waals surface area contributed by atoms with Crippen LogP contribution in [0.3, 0.4) is 0 Å². The fourth-order valence-corrected chi connectivity index (χ4v) is 1.09. The van der Waals surface area contributed by atoms with Crippen LogP contribution in [0.15, 0.2) is 36.4 Å². The van der Waals surface area contributed by atoms with E-state index in [9.17, 15) is 4.79 Å². The van der Waals surface area contributed by atoms with Crippen molar-refractivity contribution in [3.05, 3.63) is 36.4 Å². The third kappa shape index (κ3) is 36.0. The fraction of sp³-hybridized carbons (Fsp3) is 0.588. The zero-order valence-electron chi connectivity index (χ0n) is 13.8. The van der Waals surface area contributed by atoms with Crippen molar-refractivity contribution in [1.29, 1.82) is 0 Å². The maximum Gasteiger partial charge on any atom is 0.302 e. The second kappa shape index (κ2) is 26.3. The average molecular weight is 284 g/mol. The van der Waals surface area contributed by atoms with Crippen molar-refractivity contribution in [2.24, 2.45) is 0 Å². The second-order valence-corrected chi connectivity index (χ2v) is 3.79. The van der Waals surface area contributed by atoms with E-state index in [1.54, 1.807) is 6.92 Å². The highest BCUT2D eigenvalue weighted by Crippen LogP contribution is 1.95. The lowest BCUT2D eigenvalue weighted by Crippen LogP contribution is -1.95. The molecular formula is C17H32O3. The van der Waals surface area contributed by atoms with E-state index in [4.69, 9.17) is 5.11 Å². The molecule has 0 fully saturated rings. The Bertz CT molecular complexity index is 217. The van der Waals surface area contributed by atoms with E-state index in [0.29, 0.717) is 6.61 Å². The Morgan fingerprint density at radius 1 is 0.850 bits per heavy atom. The summed E-state index contributed by atoms with van der Waals surface area (Å²) in [5.41, 5.74) is 0. The molecule has 0 spiro atoms. The first kappa shape index (κ1) is 23.7. The quantitative estimate of drug-likeness (QED) is 0.656. The standard InChI is InChI=1S/C6H6.C6H14.C4H8O2.CH4O/c1-2-4-6-5-3-1;1-3-5-6-4-2;1-3-6-4(2)5;1-2/h1-6H;3-6H2,1-2H3;3H2,1-2H3;2H,1H3. The molecule has 0 bridgehead atoms. The van der Waals surface area contributed by atoms with Gasteiger partial charge in [0.25, 0.3) is 0 Å². The van der Waals surface area contributed by atoms with E-state index in [0.717, 1.165) is 7.11 Å². The van der Waals surface area contributed by atoms with Crippen molar-refractivity contribution >= 4 is 5.97 Å². The SMILES string of the molecule is CCCCCC.CCOC(C)=O.CO.c1ccccc1. The number of benzene rings is 1. The van der Waals surface area contributed by atoms with E-state index in [1.165, 1.54) is 32.6 Å². The second-order valence-electron chi connectivity index (χ2n) is 3.79. The van der Waals surface area contributed by atoms with Crippen LogP contribution in [0.2, 0.25) is 0 Å². The highest BCUT2D eigenvalue weighted by Gasteiger charge is 1.81. The van der Waals surface area contributed by atoms with Crippen LogP contribution < -0.4 is 0 Å². The van der Waals surface area contributed by atoms with Crippen LogP contribution in [0.5, 0.6) is 0 Å². The van der Waals surface area contributed by atoms with Crippen LogP contribution in [0, 0.1) is 0 Å². The normalized spacial score (nSPS) is 7.70. The maximum atomic E-state index is 9.82. The molecule has 0 saturated carbocycles. The van der Waals surface area contributed by atoms with Gasteiger partial charge in [0.05, 0.1) is 6.61 Å². The lowest BCUT2D eigenvalue weighted by atomic mass is 10.2. The topological polar surface area (TPSA) is 46.5 Å². The molecule has 1 N–H and O–H groups in total. The summed E-state index contributed by atoms with van der Waals surface area (Å²) in [4.78, 5) is 9.82. The molecule has 0 aliphatic heterocycles. The molecule has 1 aromatic rings. The number of aliphatic hydroxyl groups excluding tert-OH is 1. The van der Waals surface area contributed by atoms with Gasteiger partial charge in [0, 0.05) is 14.0 Å². The molecule has 0 aliphatic rings. The van der Waals surface area contributed by atoms with Crippen LogP contribution in [0.1, 0.15) is 53.4 Å². The molecule has 118 valence electrons. The third-order valence-corrected chi connectivity index (χ3v) is 1.97. The van der Waals surface area contributed by atoms with Crippen LogP contribution in [-0.4, -0.2) is 24.8 Å². The van der Waals surface area contributed by atoms with Gasteiger partial charge >= 0.3 is 5.97 Å². The summed E-state index contributed by atoms with van der Waals surface area (Å²) in [6, 6.07) is 12.0. The molecule has 0 radical (unpaired) electrons. The molecule has 0 heterocycles. The van der Waals surface area contributed by atoms with Crippen LogP contribution in [0.4, 0.5) is 0 Å². The van der Waals surface area contributed by atoms with Crippen LogP contribution in [0.25, 0.3) is 0 Å². The molecular weight excluding hydrogens is 252 g/mol. The molecule has 3 heteroatoms. The summed E-state index contributed by atoms with van der Waals surface area (Å²) in [7, 11) is 1.00. The molecule has 0 atom stereocenters. The number of aliphatic hydroxyl groups is 1. The number of carbonyl (C=O) groups excluding carboxylic acids is 1. The number of ether oxygens (including phenoxy) is 1. The maximum absolute atomic E-state index is 9.82. The van der Waals surface area contributed by atoms with Crippen molar-refractivity contribution in [3.8, 4) is 0 Å². The van der Waals surface area contributed by atoms with Crippen molar-refractivity contribution < 1.29 is 14.6 Å². The van der Waals surface area contributed by atoms with Gasteiger partial charge in [-0.3, -0.25) is 4.79 Å². The number of hydrogen-bond acceptors (Lipinski definition) is 3. The Morgan fingerprint density at radius 2 is 1.15 bits per heavy atom. The average Bonchev–Trinajstić information content (AvgIpc) is 2.50. The molecule has 0 unspecified atom stereocenters. The van der Waals surface area contributed by atoms with E-state index in [2.05, 4.69) is 18.6 Å². The first-order valence-electron chi connectivity index (χ1n) is 7.27. The van der Waals surface area contributed by atoms with Gasteiger partial charge in [0.1, 0.15) is 0 Å². The first-order chi connectivity index (χ1) is 9.68. The summed E-state index contributed by atoms with van der Waals surface area (Å²) in [5, 5.41) is 7.00. The highest BCUT2D eigenvalue weighted by molar-refractivity contribution is 5.65. The van der Waals surface area contributed by atoms with Gasteiger partial charge in [0.15, 0.2) is 0 Å². The summed E-state index contributed by atoms with van der Waals surface area (Å²) in [6.07, 6.45) is 5.54. The van der Waals surface area contributed by atoms with Crippen LogP contribution in [-0.2, 0) is 9.53 Å². The van der Waals surface area contributed by atoms with E-state index in [1.807, 2.05) is 36.4 Å². The van der Waals surface area contributed by atoms with Gasteiger partial charge in [-0.05, 0) is 6.92 Å². The Hall–Kier alpha value is -1.35. The Morgan fingerprint density at radius 3 is 1.25 bits per heavy atom. The number of unbranched alkanes of at least 4 members (excludes halogenated alkanes) is 3. The molecule has 0 aliphatic carbocycles. The highest BCUT2D eigenvalue weighted by atomic mass is 16.5. The van der Waals surface area contributed by atoms with Crippen molar-refractivity contribution in [3.63, 3.8) is 0 Å². The monoisotopic (exact) mass is 284 g/mol. The van der Waals surface area contributed by atoms with Gasteiger partial charge in [-0.2, -0.15) is 0 Å². The zero-order valence-corrected chi connectivity index (χ0v) is 13.8. The summed E-state index contributed by atoms with van der Waals surface area (Å²) in [6.45, 7) is 8.12. The molecule has 0 amide bonds. The molecule has 1 aromatic carbocycles.